The molecule has 12 atom stereocenters. The molecule has 400 valence electrons. The Hall–Kier alpha value is -2.31. The number of carbonyl (C=O) groups is 1. The molecule has 0 aromatic rings. The molecule has 2 aliphatic rings. The Balaban J connectivity index is 1.86. The lowest BCUT2D eigenvalue weighted by Crippen LogP contribution is -2.65. The van der Waals surface area contributed by atoms with Gasteiger partial charge in [0.1, 0.15) is 48.8 Å². The number of aliphatic hydroxyl groups is 8. The van der Waals surface area contributed by atoms with Gasteiger partial charge in [-0.15, -0.1) is 0 Å². The summed E-state index contributed by atoms with van der Waals surface area (Å²) in [7, 11) is 0. The summed E-state index contributed by atoms with van der Waals surface area (Å²) in [5.41, 5.74) is 0. The highest BCUT2D eigenvalue weighted by atomic mass is 16.7. The quantitative estimate of drug-likeness (QED) is 0.0211. The van der Waals surface area contributed by atoms with E-state index in [1.807, 2.05) is 6.08 Å². The second-order valence-electron chi connectivity index (χ2n) is 19.0. The van der Waals surface area contributed by atoms with Crippen LogP contribution in [0.2, 0.25) is 0 Å². The molecule has 69 heavy (non-hydrogen) atoms. The van der Waals surface area contributed by atoms with Gasteiger partial charge in [0.2, 0.25) is 5.91 Å². The highest BCUT2D eigenvalue weighted by molar-refractivity contribution is 5.76. The van der Waals surface area contributed by atoms with E-state index < -0.39 is 86.8 Å². The van der Waals surface area contributed by atoms with Crippen molar-refractivity contribution in [2.75, 3.05) is 19.8 Å². The minimum Gasteiger partial charge on any atom is -0.394 e. The normalized spacial score (nSPS) is 26.6. The second-order valence-corrected chi connectivity index (χ2v) is 19.0. The minimum atomic E-state index is -1.79. The molecule has 2 heterocycles. The van der Waals surface area contributed by atoms with Crippen LogP contribution < -0.4 is 5.32 Å². The molecule has 2 fully saturated rings. The van der Waals surface area contributed by atoms with Crippen molar-refractivity contribution < 1.29 is 64.6 Å². The molecule has 0 aliphatic carbocycles. The van der Waals surface area contributed by atoms with Crippen LogP contribution in [0, 0.1) is 0 Å². The smallest absolute Gasteiger partial charge is 0.220 e. The van der Waals surface area contributed by atoms with Crippen molar-refractivity contribution in [1.82, 2.24) is 5.32 Å². The number of amides is 1. The molecular formula is C55H97NO13. The van der Waals surface area contributed by atoms with Gasteiger partial charge in [-0.2, -0.15) is 0 Å². The number of ether oxygens (including phenoxy) is 4. The topological polar surface area (TPSA) is 228 Å². The van der Waals surface area contributed by atoms with E-state index in [9.17, 15) is 45.6 Å². The van der Waals surface area contributed by atoms with Gasteiger partial charge in [0, 0.05) is 6.42 Å². The van der Waals surface area contributed by atoms with E-state index in [-0.39, 0.29) is 18.9 Å². The second kappa shape index (κ2) is 41.2. The molecule has 14 heteroatoms. The first kappa shape index (κ1) is 62.8. The van der Waals surface area contributed by atoms with E-state index in [4.69, 9.17) is 18.9 Å². The van der Waals surface area contributed by atoms with Crippen LogP contribution in [0.5, 0.6) is 0 Å². The monoisotopic (exact) mass is 980 g/mol. The van der Waals surface area contributed by atoms with E-state index >= 15 is 0 Å². The summed E-state index contributed by atoms with van der Waals surface area (Å²) in [5, 5.41) is 86.8. The number of allylic oxidation sites excluding steroid dienone is 9. The third kappa shape index (κ3) is 27.9. The first-order valence-electron chi connectivity index (χ1n) is 27.0. The molecule has 0 bridgehead atoms. The standard InChI is InChI=1S/C55H97NO13/c1-3-5-7-9-11-13-15-17-19-21-23-24-26-28-30-32-34-36-38-44(59)43(56-47(60)39-37-35-33-31-29-27-25-22-20-18-16-14-12-10-8-6-4-2)42-66-54-52(65)50(63)53(46(41-58)68-54)69-55-51(64)49(62)48(61)45(40-57)67-55/h12,14,18,20-21,23,28,30,36,38,43-46,48-55,57-59,61-65H,3-11,13,15-17,19,22,24-27,29,31-35,37,39-42H2,1-2H3,(H,56,60)/b14-12-,20-18-,23-21+,30-28+,38-36+. The van der Waals surface area contributed by atoms with Crippen molar-refractivity contribution in [1.29, 1.82) is 0 Å². The summed E-state index contributed by atoms with van der Waals surface area (Å²) in [4.78, 5) is 13.2. The van der Waals surface area contributed by atoms with E-state index in [0.717, 1.165) is 64.2 Å². The van der Waals surface area contributed by atoms with Crippen LogP contribution in [-0.4, -0.2) is 140 Å². The third-order valence-electron chi connectivity index (χ3n) is 12.9. The molecule has 2 rings (SSSR count). The van der Waals surface area contributed by atoms with Gasteiger partial charge in [0.15, 0.2) is 12.6 Å². The van der Waals surface area contributed by atoms with Crippen LogP contribution in [0.1, 0.15) is 187 Å². The highest BCUT2D eigenvalue weighted by Crippen LogP contribution is 2.30. The summed E-state index contributed by atoms with van der Waals surface area (Å²) in [5.74, 6) is -0.264. The number of carbonyl (C=O) groups excluding carboxylic acids is 1. The Kier molecular flexibility index (Phi) is 37.5. The van der Waals surface area contributed by atoms with E-state index in [1.54, 1.807) is 6.08 Å². The van der Waals surface area contributed by atoms with Gasteiger partial charge in [0.05, 0.1) is 32.0 Å². The van der Waals surface area contributed by atoms with Crippen molar-refractivity contribution in [3.8, 4) is 0 Å². The number of unbranched alkanes of at least 4 members (excludes halogenated alkanes) is 20. The van der Waals surface area contributed by atoms with Crippen LogP contribution in [-0.2, 0) is 23.7 Å². The summed E-state index contributed by atoms with van der Waals surface area (Å²) in [6, 6.07) is -0.943. The molecule has 0 spiro atoms. The lowest BCUT2D eigenvalue weighted by molar-refractivity contribution is -0.359. The van der Waals surface area contributed by atoms with Crippen LogP contribution in [0.15, 0.2) is 60.8 Å². The predicted molar refractivity (Wildman–Crippen MR) is 272 cm³/mol. The Morgan fingerprint density at radius 2 is 0.971 bits per heavy atom. The third-order valence-corrected chi connectivity index (χ3v) is 12.9. The molecule has 1 amide bonds. The Labute approximate surface area is 416 Å². The maximum Gasteiger partial charge on any atom is 0.220 e. The number of hydrogen-bond acceptors (Lipinski definition) is 13. The Morgan fingerprint density at radius 3 is 1.54 bits per heavy atom. The fraction of sp³-hybridized carbons (Fsp3) is 0.800. The lowest BCUT2D eigenvalue weighted by Gasteiger charge is -2.46. The first-order valence-corrected chi connectivity index (χ1v) is 27.0. The van der Waals surface area contributed by atoms with Crippen LogP contribution in [0.25, 0.3) is 0 Å². The van der Waals surface area contributed by atoms with Crippen molar-refractivity contribution in [2.24, 2.45) is 0 Å². The van der Waals surface area contributed by atoms with Crippen molar-refractivity contribution in [2.45, 2.75) is 261 Å². The van der Waals surface area contributed by atoms with E-state index in [1.165, 1.54) is 89.9 Å². The zero-order valence-electron chi connectivity index (χ0n) is 42.5. The average Bonchev–Trinajstić information content (AvgIpc) is 3.35. The Bertz CT molecular complexity index is 1390. The average molecular weight is 980 g/mol. The molecule has 14 nitrogen and oxygen atoms in total. The number of nitrogens with one attached hydrogen (secondary N) is 1. The lowest BCUT2D eigenvalue weighted by atomic mass is 9.97. The summed E-state index contributed by atoms with van der Waals surface area (Å²) in [6.45, 7) is 2.72. The van der Waals surface area contributed by atoms with Crippen LogP contribution in [0.3, 0.4) is 0 Å². The zero-order valence-corrected chi connectivity index (χ0v) is 42.5. The number of rotatable bonds is 41. The SMILES string of the molecule is CCCCC/C=C\C/C=C\CCCCCCCCCC(=O)NC(COC1OC(CO)C(OC2OC(CO)C(O)C(O)C2O)C(O)C1O)C(O)/C=C/CC/C=C/CC/C=C/CCCCCCCCCC. The molecule has 0 aromatic heterocycles. The van der Waals surface area contributed by atoms with Crippen molar-refractivity contribution in [3.05, 3.63) is 60.8 Å². The van der Waals surface area contributed by atoms with Crippen molar-refractivity contribution >= 4 is 5.91 Å². The number of aliphatic hydroxyl groups excluding tert-OH is 8. The van der Waals surface area contributed by atoms with Crippen LogP contribution in [0.4, 0.5) is 0 Å². The van der Waals surface area contributed by atoms with Gasteiger partial charge in [-0.1, -0.05) is 164 Å². The summed E-state index contributed by atoms with van der Waals surface area (Å²) < 4.78 is 22.7. The largest absolute Gasteiger partial charge is 0.394 e. The molecule has 0 radical (unpaired) electrons. The van der Waals surface area contributed by atoms with Gasteiger partial charge in [-0.3, -0.25) is 4.79 Å². The number of hydrogen-bond donors (Lipinski definition) is 9. The van der Waals surface area contributed by atoms with Gasteiger partial charge in [-0.25, -0.2) is 0 Å². The van der Waals surface area contributed by atoms with Crippen molar-refractivity contribution in [3.63, 3.8) is 0 Å². The molecule has 9 N–H and O–H groups in total. The summed E-state index contributed by atoms with van der Waals surface area (Å²) in [6.07, 6.45) is 33.9. The van der Waals surface area contributed by atoms with Gasteiger partial charge < -0.3 is 65.1 Å². The predicted octanol–water partition coefficient (Wildman–Crippen LogP) is 7.83. The van der Waals surface area contributed by atoms with Gasteiger partial charge in [-0.05, 0) is 77.0 Å². The maximum atomic E-state index is 13.2. The highest BCUT2D eigenvalue weighted by Gasteiger charge is 2.51. The van der Waals surface area contributed by atoms with E-state index in [2.05, 4.69) is 67.8 Å². The molecule has 2 saturated heterocycles. The molecule has 0 saturated carbocycles. The summed E-state index contributed by atoms with van der Waals surface area (Å²) >= 11 is 0. The minimum absolute atomic E-state index is 0.259. The fourth-order valence-electron chi connectivity index (χ4n) is 8.47. The Morgan fingerprint density at radius 1 is 0.522 bits per heavy atom. The molecular weight excluding hydrogens is 883 g/mol. The molecule has 12 unspecified atom stereocenters. The van der Waals surface area contributed by atoms with Gasteiger partial charge >= 0.3 is 0 Å². The van der Waals surface area contributed by atoms with Gasteiger partial charge in [0.25, 0.3) is 0 Å². The first-order chi connectivity index (χ1) is 33.6. The fourth-order valence-corrected chi connectivity index (χ4v) is 8.47. The maximum absolute atomic E-state index is 13.2. The molecule has 0 aromatic carbocycles. The van der Waals surface area contributed by atoms with E-state index in [0.29, 0.717) is 12.8 Å². The molecule has 2 aliphatic heterocycles. The van der Waals surface area contributed by atoms with Crippen LogP contribution >= 0.6 is 0 Å². The zero-order chi connectivity index (χ0) is 50.3.